The van der Waals surface area contributed by atoms with E-state index in [9.17, 15) is 14.4 Å². The minimum atomic E-state index is -1.24. The second kappa shape index (κ2) is 7.33. The molecule has 4 rings (SSSR count). The van der Waals surface area contributed by atoms with Crippen molar-refractivity contribution in [3.05, 3.63) is 76.8 Å². The number of para-hydroxylation sites is 1. The Hall–Kier alpha value is -3.19. The van der Waals surface area contributed by atoms with Crippen LogP contribution in [0.2, 0.25) is 0 Å². The lowest BCUT2D eigenvalue weighted by Gasteiger charge is -2.24. The zero-order valence-electron chi connectivity index (χ0n) is 15.6. The van der Waals surface area contributed by atoms with Crippen molar-refractivity contribution < 1.29 is 14.4 Å². The summed E-state index contributed by atoms with van der Waals surface area (Å²) < 4.78 is 0.714. The number of rotatable bonds is 4. The van der Waals surface area contributed by atoms with Gasteiger partial charge in [0.05, 0.1) is 5.69 Å². The minimum absolute atomic E-state index is 0.369. The lowest BCUT2D eigenvalue weighted by atomic mass is 9.88. The summed E-state index contributed by atoms with van der Waals surface area (Å²) in [5.74, 6) is -0.913. The largest absolute Gasteiger partial charge is 0.325 e. The summed E-state index contributed by atoms with van der Waals surface area (Å²) >= 11 is 3.36. The summed E-state index contributed by atoms with van der Waals surface area (Å²) in [6.07, 6.45) is 0. The average molecular weight is 452 g/mol. The SMILES string of the molecule is CC1(c2cccc3ccccc23)NC(=O)N(CC(=O)Nc2ccccc2Br)C1=O. The Morgan fingerprint density at radius 2 is 1.72 bits per heavy atom. The Kier molecular flexibility index (Phi) is 4.84. The maximum atomic E-state index is 13.2. The van der Waals surface area contributed by atoms with Crippen molar-refractivity contribution in [3.63, 3.8) is 0 Å². The van der Waals surface area contributed by atoms with Crippen LogP contribution in [-0.4, -0.2) is 29.3 Å². The first kappa shape index (κ1) is 19.1. The molecule has 1 aliphatic heterocycles. The molecular formula is C22H18BrN3O3. The number of anilines is 1. The van der Waals surface area contributed by atoms with Crippen LogP contribution in [-0.2, 0) is 15.1 Å². The third-order valence-electron chi connectivity index (χ3n) is 5.05. The van der Waals surface area contributed by atoms with Crippen LogP contribution < -0.4 is 10.6 Å². The van der Waals surface area contributed by atoms with Crippen LogP contribution in [0.15, 0.2) is 71.2 Å². The molecule has 1 aliphatic rings. The minimum Gasteiger partial charge on any atom is -0.324 e. The molecule has 4 amide bonds. The van der Waals surface area contributed by atoms with Gasteiger partial charge in [0, 0.05) is 4.47 Å². The van der Waals surface area contributed by atoms with Crippen LogP contribution in [0, 0.1) is 0 Å². The third-order valence-corrected chi connectivity index (χ3v) is 5.74. The van der Waals surface area contributed by atoms with Crippen LogP contribution in [0.1, 0.15) is 12.5 Å². The van der Waals surface area contributed by atoms with Crippen molar-refractivity contribution in [2.75, 3.05) is 11.9 Å². The zero-order valence-corrected chi connectivity index (χ0v) is 17.2. The molecule has 0 aliphatic carbocycles. The molecule has 0 radical (unpaired) electrons. The molecule has 1 fully saturated rings. The molecule has 1 atom stereocenters. The van der Waals surface area contributed by atoms with Gasteiger partial charge in [0.1, 0.15) is 12.1 Å². The maximum absolute atomic E-state index is 13.2. The molecule has 1 unspecified atom stereocenters. The number of carbonyl (C=O) groups excluding carboxylic acids is 3. The van der Waals surface area contributed by atoms with Crippen molar-refractivity contribution in [2.24, 2.45) is 0 Å². The van der Waals surface area contributed by atoms with Gasteiger partial charge >= 0.3 is 6.03 Å². The number of benzene rings is 3. The first-order valence-corrected chi connectivity index (χ1v) is 9.86. The predicted molar refractivity (Wildman–Crippen MR) is 114 cm³/mol. The Morgan fingerprint density at radius 1 is 1.03 bits per heavy atom. The molecule has 29 heavy (non-hydrogen) atoms. The van der Waals surface area contributed by atoms with Crippen molar-refractivity contribution in [2.45, 2.75) is 12.5 Å². The van der Waals surface area contributed by atoms with Crippen LogP contribution in [0.5, 0.6) is 0 Å². The quantitative estimate of drug-likeness (QED) is 0.588. The van der Waals surface area contributed by atoms with E-state index < -0.39 is 23.4 Å². The van der Waals surface area contributed by atoms with E-state index in [0.29, 0.717) is 15.7 Å². The summed E-state index contributed by atoms with van der Waals surface area (Å²) in [5.41, 5.74) is 0.0231. The highest BCUT2D eigenvalue weighted by Crippen LogP contribution is 2.33. The van der Waals surface area contributed by atoms with Crippen LogP contribution in [0.25, 0.3) is 10.8 Å². The Bertz CT molecular complexity index is 1140. The van der Waals surface area contributed by atoms with Crippen LogP contribution in [0.3, 0.4) is 0 Å². The normalized spacial score (nSPS) is 18.8. The van der Waals surface area contributed by atoms with E-state index in [4.69, 9.17) is 0 Å². The van der Waals surface area contributed by atoms with Gasteiger partial charge < -0.3 is 10.6 Å². The highest BCUT2D eigenvalue weighted by Gasteiger charge is 2.50. The number of nitrogens with zero attached hydrogens (tertiary/aromatic N) is 1. The van der Waals surface area contributed by atoms with Gasteiger partial charge in [0.2, 0.25) is 5.91 Å². The van der Waals surface area contributed by atoms with Gasteiger partial charge in [0.15, 0.2) is 0 Å². The molecule has 1 saturated heterocycles. The number of hydrogen-bond donors (Lipinski definition) is 2. The molecular weight excluding hydrogens is 434 g/mol. The van der Waals surface area contributed by atoms with Gasteiger partial charge in [-0.3, -0.25) is 14.5 Å². The Labute approximate surface area is 176 Å². The standard InChI is InChI=1S/C22H18BrN3O3/c1-22(16-10-6-8-14-7-2-3-9-15(14)16)20(28)26(21(29)25-22)13-19(27)24-18-12-5-4-11-17(18)23/h2-12H,13H2,1H3,(H,24,27)(H,25,29). The Morgan fingerprint density at radius 3 is 2.52 bits per heavy atom. The van der Waals surface area contributed by atoms with Crippen LogP contribution >= 0.6 is 15.9 Å². The first-order valence-electron chi connectivity index (χ1n) is 9.07. The average Bonchev–Trinajstić information content (AvgIpc) is 2.93. The lowest BCUT2D eigenvalue weighted by Crippen LogP contribution is -2.42. The molecule has 0 saturated carbocycles. The number of halogens is 1. The number of fused-ring (bicyclic) bond motifs is 1. The van der Waals surface area contributed by atoms with Gasteiger partial charge in [0.25, 0.3) is 5.91 Å². The monoisotopic (exact) mass is 451 g/mol. The van der Waals surface area contributed by atoms with Gasteiger partial charge in [-0.25, -0.2) is 4.79 Å². The molecule has 0 bridgehead atoms. The molecule has 6 nitrogen and oxygen atoms in total. The van der Waals surface area contributed by atoms with Crippen molar-refractivity contribution >= 4 is 50.2 Å². The number of imide groups is 1. The fourth-order valence-electron chi connectivity index (χ4n) is 3.58. The van der Waals surface area contributed by atoms with E-state index in [1.54, 1.807) is 25.1 Å². The van der Waals surface area contributed by atoms with Crippen molar-refractivity contribution in [1.82, 2.24) is 10.2 Å². The molecule has 1 heterocycles. The molecule has 0 spiro atoms. The van der Waals surface area contributed by atoms with E-state index in [1.165, 1.54) is 0 Å². The van der Waals surface area contributed by atoms with Gasteiger partial charge in [-0.05, 0) is 51.3 Å². The second-order valence-electron chi connectivity index (χ2n) is 7.00. The third kappa shape index (κ3) is 3.38. The van der Waals surface area contributed by atoms with E-state index in [1.807, 2.05) is 48.5 Å². The van der Waals surface area contributed by atoms with E-state index in [2.05, 4.69) is 26.6 Å². The van der Waals surface area contributed by atoms with E-state index >= 15 is 0 Å². The van der Waals surface area contributed by atoms with E-state index in [-0.39, 0.29) is 6.54 Å². The summed E-state index contributed by atoms with van der Waals surface area (Å²) in [7, 11) is 0. The smallest absolute Gasteiger partial charge is 0.324 e. The topological polar surface area (TPSA) is 78.5 Å². The molecule has 3 aromatic carbocycles. The number of carbonyl (C=O) groups is 3. The molecule has 7 heteroatoms. The molecule has 3 aromatic rings. The summed E-state index contributed by atoms with van der Waals surface area (Å²) in [6.45, 7) is 1.30. The van der Waals surface area contributed by atoms with Crippen LogP contribution in [0.4, 0.5) is 10.5 Å². The summed E-state index contributed by atoms with van der Waals surface area (Å²) in [4.78, 5) is 39.2. The number of hydrogen-bond acceptors (Lipinski definition) is 3. The first-order chi connectivity index (χ1) is 13.9. The predicted octanol–water partition coefficient (Wildman–Crippen LogP) is 4.01. The van der Waals surface area contributed by atoms with Gasteiger partial charge in [-0.2, -0.15) is 0 Å². The highest BCUT2D eigenvalue weighted by molar-refractivity contribution is 9.10. The zero-order chi connectivity index (χ0) is 20.6. The van der Waals surface area contributed by atoms with Crippen molar-refractivity contribution in [3.8, 4) is 0 Å². The molecule has 0 aromatic heterocycles. The summed E-state index contributed by atoms with van der Waals surface area (Å²) in [5, 5.41) is 7.33. The van der Waals surface area contributed by atoms with Gasteiger partial charge in [-0.15, -0.1) is 0 Å². The number of amides is 4. The second-order valence-corrected chi connectivity index (χ2v) is 7.86. The lowest BCUT2D eigenvalue weighted by molar-refractivity contribution is -0.133. The summed E-state index contributed by atoms with van der Waals surface area (Å²) in [6, 6.07) is 19.8. The van der Waals surface area contributed by atoms with Gasteiger partial charge in [-0.1, -0.05) is 54.6 Å². The molecule has 146 valence electrons. The maximum Gasteiger partial charge on any atom is 0.325 e. The van der Waals surface area contributed by atoms with Crippen molar-refractivity contribution in [1.29, 1.82) is 0 Å². The highest BCUT2D eigenvalue weighted by atomic mass is 79.9. The molecule has 2 N–H and O–H groups in total. The number of nitrogens with one attached hydrogen (secondary N) is 2. The number of urea groups is 1. The fourth-order valence-corrected chi connectivity index (χ4v) is 3.96. The fraction of sp³-hybridized carbons (Fsp3) is 0.136. The van der Waals surface area contributed by atoms with E-state index in [0.717, 1.165) is 15.7 Å². The Balaban J connectivity index is 1.60.